The van der Waals surface area contributed by atoms with Crippen molar-refractivity contribution in [2.45, 2.75) is 39.0 Å². The number of carbonyl (C=O) groups is 2. The minimum atomic E-state index is -0.412. The third-order valence-corrected chi connectivity index (χ3v) is 6.03. The second kappa shape index (κ2) is 9.80. The van der Waals surface area contributed by atoms with Gasteiger partial charge in [0.15, 0.2) is 5.11 Å². The molecule has 148 valence electrons. The molecular formula is C21H24N2O3S2. The number of hydrogen-bond donors (Lipinski definition) is 2. The Hall–Kier alpha value is -2.25. The van der Waals surface area contributed by atoms with Gasteiger partial charge in [0.25, 0.3) is 0 Å². The van der Waals surface area contributed by atoms with Crippen molar-refractivity contribution in [3.63, 3.8) is 0 Å². The zero-order valence-electron chi connectivity index (χ0n) is 15.8. The molecule has 1 aromatic carbocycles. The number of ether oxygens (including phenoxy) is 1. The number of benzene rings is 1. The summed E-state index contributed by atoms with van der Waals surface area (Å²) in [6, 6.07) is 11.6. The number of esters is 1. The largest absolute Gasteiger partial charge is 0.462 e. The maximum Gasteiger partial charge on any atom is 0.341 e. The van der Waals surface area contributed by atoms with Crippen LogP contribution in [0.1, 0.15) is 49.4 Å². The summed E-state index contributed by atoms with van der Waals surface area (Å²) in [4.78, 5) is 25.7. The number of anilines is 1. The number of carbonyl (C=O) groups excluding carboxylic acids is 2. The van der Waals surface area contributed by atoms with Gasteiger partial charge in [0.05, 0.1) is 12.2 Å². The number of rotatable bonds is 5. The van der Waals surface area contributed by atoms with Crippen LogP contribution in [0.4, 0.5) is 5.00 Å². The molecular weight excluding hydrogens is 392 g/mol. The standard InChI is InChI=1S/C21H24N2O3S2/c1-2-26-20(25)16-13-17(14-9-5-3-6-10-14)28-19(16)23-21(27)22-18(24)15-11-7-4-8-12-15/h3,5-6,9-10,13,15H,2,4,7-8,11-12H2,1H3,(H2,22,23,24,27). The number of amides is 1. The summed E-state index contributed by atoms with van der Waals surface area (Å²) in [6.45, 7) is 2.06. The molecule has 0 bridgehead atoms. The van der Waals surface area contributed by atoms with Crippen molar-refractivity contribution in [1.82, 2.24) is 5.32 Å². The number of hydrogen-bond acceptors (Lipinski definition) is 5. The number of nitrogens with one attached hydrogen (secondary N) is 2. The quantitative estimate of drug-likeness (QED) is 0.531. The Kier molecular flexibility index (Phi) is 7.17. The second-order valence-corrected chi connectivity index (χ2v) is 8.18. The van der Waals surface area contributed by atoms with Crippen LogP contribution >= 0.6 is 23.6 Å². The molecule has 0 aliphatic heterocycles. The normalized spacial score (nSPS) is 14.3. The van der Waals surface area contributed by atoms with Crippen LogP contribution in [0.2, 0.25) is 0 Å². The molecule has 0 atom stereocenters. The van der Waals surface area contributed by atoms with E-state index in [2.05, 4.69) is 10.6 Å². The first-order valence-corrected chi connectivity index (χ1v) is 10.8. The lowest BCUT2D eigenvalue weighted by Gasteiger charge is -2.21. The van der Waals surface area contributed by atoms with Crippen LogP contribution in [0.25, 0.3) is 10.4 Å². The molecule has 1 aliphatic carbocycles. The second-order valence-electron chi connectivity index (χ2n) is 6.72. The molecule has 0 spiro atoms. The van der Waals surface area contributed by atoms with Gasteiger partial charge in [-0.25, -0.2) is 4.79 Å². The lowest BCUT2D eigenvalue weighted by atomic mass is 9.89. The van der Waals surface area contributed by atoms with E-state index in [1.54, 1.807) is 13.0 Å². The number of thiocarbonyl (C=S) groups is 1. The Labute approximate surface area is 174 Å². The van der Waals surface area contributed by atoms with Gasteiger partial charge in [0.2, 0.25) is 5.91 Å². The van der Waals surface area contributed by atoms with E-state index in [0.29, 0.717) is 10.6 Å². The predicted octanol–water partition coefficient (Wildman–Crippen LogP) is 4.99. The van der Waals surface area contributed by atoms with Crippen molar-refractivity contribution in [2.75, 3.05) is 11.9 Å². The molecule has 1 aromatic heterocycles. The van der Waals surface area contributed by atoms with Gasteiger partial charge in [-0.2, -0.15) is 0 Å². The SMILES string of the molecule is CCOC(=O)c1cc(-c2ccccc2)sc1NC(=S)NC(=O)C1CCCCC1. The van der Waals surface area contributed by atoms with Gasteiger partial charge in [-0.1, -0.05) is 49.6 Å². The van der Waals surface area contributed by atoms with Crippen LogP contribution in [0.3, 0.4) is 0 Å². The highest BCUT2D eigenvalue weighted by atomic mass is 32.1. The van der Waals surface area contributed by atoms with Gasteiger partial charge < -0.3 is 15.4 Å². The van der Waals surface area contributed by atoms with Crippen molar-refractivity contribution < 1.29 is 14.3 Å². The molecule has 1 aliphatic rings. The van der Waals surface area contributed by atoms with Gasteiger partial charge in [-0.3, -0.25) is 4.79 Å². The first-order chi connectivity index (χ1) is 13.6. The lowest BCUT2D eigenvalue weighted by Crippen LogP contribution is -2.39. The van der Waals surface area contributed by atoms with Crippen LogP contribution in [-0.2, 0) is 9.53 Å². The Morgan fingerprint density at radius 2 is 1.89 bits per heavy atom. The van der Waals surface area contributed by atoms with Gasteiger partial charge in [0.1, 0.15) is 5.00 Å². The van der Waals surface area contributed by atoms with E-state index in [4.69, 9.17) is 17.0 Å². The third kappa shape index (κ3) is 5.17. The van der Waals surface area contributed by atoms with E-state index in [1.165, 1.54) is 17.8 Å². The third-order valence-electron chi connectivity index (χ3n) is 4.73. The van der Waals surface area contributed by atoms with Crippen molar-refractivity contribution in [1.29, 1.82) is 0 Å². The summed E-state index contributed by atoms with van der Waals surface area (Å²) in [5.74, 6) is -0.444. The first-order valence-electron chi connectivity index (χ1n) is 9.56. The fraction of sp³-hybridized carbons (Fsp3) is 0.381. The summed E-state index contributed by atoms with van der Waals surface area (Å²) in [7, 11) is 0. The first kappa shape index (κ1) is 20.5. The van der Waals surface area contributed by atoms with Gasteiger partial charge in [-0.15, -0.1) is 11.3 Å². The van der Waals surface area contributed by atoms with E-state index in [9.17, 15) is 9.59 Å². The minimum Gasteiger partial charge on any atom is -0.462 e. The fourth-order valence-electron chi connectivity index (χ4n) is 3.30. The molecule has 0 saturated heterocycles. The molecule has 3 rings (SSSR count). The van der Waals surface area contributed by atoms with Crippen LogP contribution in [0.15, 0.2) is 36.4 Å². The highest BCUT2D eigenvalue weighted by molar-refractivity contribution is 7.80. The number of thiophene rings is 1. The van der Waals surface area contributed by atoms with Crippen LogP contribution in [0, 0.1) is 5.92 Å². The van der Waals surface area contributed by atoms with E-state index < -0.39 is 5.97 Å². The average molecular weight is 417 g/mol. The molecule has 2 aromatic rings. The molecule has 1 heterocycles. The highest BCUT2D eigenvalue weighted by Crippen LogP contribution is 2.36. The monoisotopic (exact) mass is 416 g/mol. The lowest BCUT2D eigenvalue weighted by molar-refractivity contribution is -0.124. The van der Waals surface area contributed by atoms with Crippen LogP contribution in [0.5, 0.6) is 0 Å². The maximum absolute atomic E-state index is 12.4. The summed E-state index contributed by atoms with van der Waals surface area (Å²) in [5, 5.41) is 6.59. The van der Waals surface area contributed by atoms with E-state index in [1.807, 2.05) is 30.3 Å². The van der Waals surface area contributed by atoms with Gasteiger partial charge in [-0.05, 0) is 43.6 Å². The molecule has 2 N–H and O–H groups in total. The predicted molar refractivity (Wildman–Crippen MR) is 117 cm³/mol. The molecule has 1 fully saturated rings. The molecule has 5 nitrogen and oxygen atoms in total. The Morgan fingerprint density at radius 1 is 1.18 bits per heavy atom. The summed E-state index contributed by atoms with van der Waals surface area (Å²) >= 11 is 6.74. The Morgan fingerprint density at radius 3 is 2.57 bits per heavy atom. The topological polar surface area (TPSA) is 67.4 Å². The molecule has 0 unspecified atom stereocenters. The average Bonchev–Trinajstić information content (AvgIpc) is 3.13. The van der Waals surface area contributed by atoms with Crippen molar-refractivity contribution >= 4 is 45.5 Å². The maximum atomic E-state index is 12.4. The zero-order valence-corrected chi connectivity index (χ0v) is 17.5. The molecule has 1 amide bonds. The Balaban J connectivity index is 1.75. The molecule has 0 radical (unpaired) electrons. The molecule has 1 saturated carbocycles. The van der Waals surface area contributed by atoms with E-state index >= 15 is 0 Å². The van der Waals surface area contributed by atoms with Crippen molar-refractivity contribution in [3.8, 4) is 10.4 Å². The van der Waals surface area contributed by atoms with E-state index in [-0.39, 0.29) is 23.5 Å². The van der Waals surface area contributed by atoms with Crippen molar-refractivity contribution in [3.05, 3.63) is 42.0 Å². The fourth-order valence-corrected chi connectivity index (χ4v) is 4.63. The van der Waals surface area contributed by atoms with Crippen LogP contribution < -0.4 is 10.6 Å². The summed E-state index contributed by atoms with van der Waals surface area (Å²) in [6.07, 6.45) is 5.15. The summed E-state index contributed by atoms with van der Waals surface area (Å²) in [5.41, 5.74) is 1.42. The Bertz CT molecular complexity index is 843. The van der Waals surface area contributed by atoms with Gasteiger partial charge in [0, 0.05) is 10.8 Å². The van der Waals surface area contributed by atoms with Crippen LogP contribution in [-0.4, -0.2) is 23.6 Å². The molecule has 7 heteroatoms. The van der Waals surface area contributed by atoms with E-state index in [0.717, 1.165) is 36.1 Å². The highest BCUT2D eigenvalue weighted by Gasteiger charge is 2.23. The summed E-state index contributed by atoms with van der Waals surface area (Å²) < 4.78 is 5.17. The smallest absolute Gasteiger partial charge is 0.341 e. The minimum absolute atomic E-state index is 0.0150. The molecule has 28 heavy (non-hydrogen) atoms. The zero-order chi connectivity index (χ0) is 19.9. The van der Waals surface area contributed by atoms with Crippen molar-refractivity contribution in [2.24, 2.45) is 5.92 Å². The van der Waals surface area contributed by atoms with Gasteiger partial charge >= 0.3 is 5.97 Å².